The smallest absolute Gasteiger partial charge is 0.277 e. The Labute approximate surface area is 97.9 Å². The highest BCUT2D eigenvalue weighted by Crippen LogP contribution is 2.27. The molecule has 1 unspecified atom stereocenters. The van der Waals surface area contributed by atoms with E-state index in [1.54, 1.807) is 0 Å². The molecule has 0 aliphatic carbocycles. The quantitative estimate of drug-likeness (QED) is 0.768. The molecule has 92 valence electrons. The predicted molar refractivity (Wildman–Crippen MR) is 57.7 cm³/mol. The number of methoxy groups -OCH3 is 1. The van der Waals surface area contributed by atoms with Crippen LogP contribution < -0.4 is 4.74 Å². The van der Waals surface area contributed by atoms with Gasteiger partial charge >= 0.3 is 0 Å². The summed E-state index contributed by atoms with van der Waals surface area (Å²) in [6.45, 7) is 0.236. The lowest BCUT2D eigenvalue weighted by Gasteiger charge is -2.14. The lowest BCUT2D eigenvalue weighted by atomic mass is 10.2. The first-order valence-corrected chi connectivity index (χ1v) is 5.11. The lowest BCUT2D eigenvalue weighted by Crippen LogP contribution is -2.28. The van der Waals surface area contributed by atoms with Crippen LogP contribution in [-0.4, -0.2) is 47.5 Å². The van der Waals surface area contributed by atoms with E-state index in [2.05, 4.69) is 0 Å². The van der Waals surface area contributed by atoms with Crippen LogP contribution in [0.4, 0.5) is 0 Å². The van der Waals surface area contributed by atoms with Crippen molar-refractivity contribution in [3.8, 4) is 11.5 Å². The van der Waals surface area contributed by atoms with E-state index in [-0.39, 0.29) is 24.5 Å². The number of aromatic hydroxyl groups is 1. The molecule has 1 amide bonds. The third kappa shape index (κ3) is 2.32. The highest BCUT2D eigenvalue weighted by atomic mass is 16.7. The zero-order chi connectivity index (χ0) is 12.4. The first kappa shape index (κ1) is 11.7. The maximum absolute atomic E-state index is 11.9. The number of carbonyl (C=O) groups is 1. The Morgan fingerprint density at radius 2 is 2.35 bits per heavy atom. The van der Waals surface area contributed by atoms with Crippen LogP contribution in [0.3, 0.4) is 0 Å². The maximum Gasteiger partial charge on any atom is 0.277 e. The van der Waals surface area contributed by atoms with E-state index in [1.807, 2.05) is 0 Å². The van der Waals surface area contributed by atoms with Gasteiger partial charge in [0, 0.05) is 5.56 Å². The van der Waals surface area contributed by atoms with Crippen molar-refractivity contribution in [1.29, 1.82) is 0 Å². The number of benzene rings is 1. The van der Waals surface area contributed by atoms with Gasteiger partial charge in [-0.15, -0.1) is 0 Å². The average Bonchev–Trinajstić information content (AvgIpc) is 2.75. The fourth-order valence-electron chi connectivity index (χ4n) is 1.58. The summed E-state index contributed by atoms with van der Waals surface area (Å²) in [7, 11) is 1.43. The van der Waals surface area contributed by atoms with Crippen LogP contribution in [0.25, 0.3) is 0 Å². The van der Waals surface area contributed by atoms with Crippen molar-refractivity contribution in [3.63, 3.8) is 0 Å². The molecule has 1 fully saturated rings. The molecule has 0 aromatic heterocycles. The Kier molecular flexibility index (Phi) is 3.16. The number of aliphatic hydroxyl groups excluding tert-OH is 1. The summed E-state index contributed by atoms with van der Waals surface area (Å²) in [5, 5.41) is 19.9. The third-order valence-corrected chi connectivity index (χ3v) is 2.45. The molecule has 0 saturated carbocycles. The van der Waals surface area contributed by atoms with Gasteiger partial charge in [-0.2, -0.15) is 0 Å². The normalized spacial score (nSPS) is 19.4. The van der Waals surface area contributed by atoms with Crippen molar-refractivity contribution in [2.24, 2.45) is 0 Å². The molecule has 17 heavy (non-hydrogen) atoms. The zero-order valence-corrected chi connectivity index (χ0v) is 9.29. The largest absolute Gasteiger partial charge is 0.504 e. The van der Waals surface area contributed by atoms with Gasteiger partial charge in [0.1, 0.15) is 12.7 Å². The van der Waals surface area contributed by atoms with Crippen LogP contribution in [0.5, 0.6) is 11.5 Å². The van der Waals surface area contributed by atoms with E-state index in [4.69, 9.17) is 9.57 Å². The Hall–Kier alpha value is -1.79. The lowest BCUT2D eigenvalue weighted by molar-refractivity contribution is -0.0779. The molecule has 2 rings (SSSR count). The minimum absolute atomic E-state index is 0.105. The van der Waals surface area contributed by atoms with Crippen molar-refractivity contribution in [1.82, 2.24) is 5.06 Å². The van der Waals surface area contributed by atoms with E-state index >= 15 is 0 Å². The molecular formula is C11H13NO5. The van der Waals surface area contributed by atoms with Crippen molar-refractivity contribution in [3.05, 3.63) is 23.8 Å². The molecule has 6 heteroatoms. The second-order valence-corrected chi connectivity index (χ2v) is 3.70. The molecule has 1 aromatic carbocycles. The number of carbonyl (C=O) groups excluding carboxylic acids is 1. The Morgan fingerprint density at radius 3 is 2.88 bits per heavy atom. The molecule has 0 spiro atoms. The monoisotopic (exact) mass is 239 g/mol. The summed E-state index contributed by atoms with van der Waals surface area (Å²) in [5.41, 5.74) is 0.275. The number of ether oxygens (including phenoxy) is 1. The van der Waals surface area contributed by atoms with E-state index in [0.29, 0.717) is 5.75 Å². The number of hydroxylamine groups is 2. The number of amides is 1. The number of phenols is 1. The second-order valence-electron chi connectivity index (χ2n) is 3.70. The van der Waals surface area contributed by atoms with Gasteiger partial charge in [-0.25, -0.2) is 5.06 Å². The van der Waals surface area contributed by atoms with Crippen LogP contribution in [-0.2, 0) is 4.84 Å². The zero-order valence-electron chi connectivity index (χ0n) is 9.29. The van der Waals surface area contributed by atoms with E-state index in [1.165, 1.54) is 25.3 Å². The standard InChI is InChI=1S/C11H13NO5/c1-16-10-3-2-7(4-9(10)14)11(15)12-5-8(13)6-17-12/h2-4,8,13-14H,5-6H2,1H3. The fraction of sp³-hybridized carbons (Fsp3) is 0.364. The summed E-state index contributed by atoms with van der Waals surface area (Å²) in [5.74, 6) is -0.221. The first-order chi connectivity index (χ1) is 8.11. The average molecular weight is 239 g/mol. The molecule has 1 aromatic rings. The Balaban J connectivity index is 2.17. The number of aliphatic hydroxyl groups is 1. The second kappa shape index (κ2) is 4.60. The molecule has 0 bridgehead atoms. The van der Waals surface area contributed by atoms with Crippen molar-refractivity contribution in [2.45, 2.75) is 6.10 Å². The van der Waals surface area contributed by atoms with Crippen molar-refractivity contribution in [2.75, 3.05) is 20.3 Å². The number of nitrogens with zero attached hydrogens (tertiary/aromatic N) is 1. The SMILES string of the molecule is COc1ccc(C(=O)N2CC(O)CO2)cc1O. The minimum atomic E-state index is -0.661. The molecule has 0 radical (unpaired) electrons. The summed E-state index contributed by atoms with van der Waals surface area (Å²) in [6.07, 6.45) is -0.661. The number of hydrogen-bond acceptors (Lipinski definition) is 5. The number of hydrogen-bond donors (Lipinski definition) is 2. The van der Waals surface area contributed by atoms with Crippen LogP contribution in [0.1, 0.15) is 10.4 Å². The van der Waals surface area contributed by atoms with Gasteiger partial charge in [-0.05, 0) is 18.2 Å². The Morgan fingerprint density at radius 1 is 1.59 bits per heavy atom. The van der Waals surface area contributed by atoms with Crippen LogP contribution in [0.2, 0.25) is 0 Å². The highest BCUT2D eigenvalue weighted by Gasteiger charge is 2.27. The van der Waals surface area contributed by atoms with Crippen LogP contribution in [0, 0.1) is 0 Å². The summed E-state index contributed by atoms with van der Waals surface area (Å²) < 4.78 is 4.88. The number of β-amino-alcohol motifs (C(OH)–C–C–N with tert-alkyl or cyclic N) is 1. The van der Waals surface area contributed by atoms with Crippen molar-refractivity contribution < 1.29 is 24.6 Å². The Bertz CT molecular complexity index is 434. The molecule has 6 nitrogen and oxygen atoms in total. The molecule has 2 N–H and O–H groups in total. The van der Waals surface area contributed by atoms with Gasteiger partial charge in [0.05, 0.1) is 13.7 Å². The van der Waals surface area contributed by atoms with Gasteiger partial charge in [0.15, 0.2) is 11.5 Å². The maximum atomic E-state index is 11.9. The molecule has 1 heterocycles. The van der Waals surface area contributed by atoms with Gasteiger partial charge < -0.3 is 14.9 Å². The van der Waals surface area contributed by atoms with E-state index in [0.717, 1.165) is 5.06 Å². The van der Waals surface area contributed by atoms with Gasteiger partial charge in [-0.1, -0.05) is 0 Å². The minimum Gasteiger partial charge on any atom is -0.504 e. The molecular weight excluding hydrogens is 226 g/mol. The van der Waals surface area contributed by atoms with Gasteiger partial charge in [0.25, 0.3) is 5.91 Å². The van der Waals surface area contributed by atoms with Gasteiger partial charge in [0.2, 0.25) is 0 Å². The summed E-state index contributed by atoms with van der Waals surface area (Å²) in [6, 6.07) is 4.32. The highest BCUT2D eigenvalue weighted by molar-refractivity contribution is 5.94. The van der Waals surface area contributed by atoms with E-state index in [9.17, 15) is 15.0 Å². The fourth-order valence-corrected chi connectivity index (χ4v) is 1.58. The summed E-state index contributed by atoms with van der Waals surface area (Å²) >= 11 is 0. The number of phenolic OH excluding ortho intramolecular Hbond substituents is 1. The molecule has 1 aliphatic rings. The van der Waals surface area contributed by atoms with Crippen LogP contribution in [0.15, 0.2) is 18.2 Å². The van der Waals surface area contributed by atoms with Gasteiger partial charge in [-0.3, -0.25) is 9.63 Å². The molecule has 1 aliphatic heterocycles. The van der Waals surface area contributed by atoms with Crippen LogP contribution >= 0.6 is 0 Å². The first-order valence-electron chi connectivity index (χ1n) is 5.11. The van der Waals surface area contributed by atoms with Crippen molar-refractivity contribution >= 4 is 5.91 Å². The number of rotatable bonds is 2. The predicted octanol–water partition coefficient (Wildman–Crippen LogP) is 0.149. The topological polar surface area (TPSA) is 79.2 Å². The third-order valence-electron chi connectivity index (χ3n) is 2.45. The molecule has 1 atom stereocenters. The summed E-state index contributed by atoms with van der Waals surface area (Å²) in [4.78, 5) is 16.9. The van der Waals surface area contributed by atoms with E-state index < -0.39 is 12.0 Å². The molecule has 1 saturated heterocycles.